The van der Waals surface area contributed by atoms with Crippen LogP contribution in [-0.2, 0) is 5.54 Å². The van der Waals surface area contributed by atoms with E-state index in [0.29, 0.717) is 5.71 Å². The molecule has 1 unspecified atom stereocenters. The number of nitrogens with one attached hydrogen (secondary N) is 1. The molecule has 0 aliphatic carbocycles. The maximum absolute atomic E-state index is 13.1. The summed E-state index contributed by atoms with van der Waals surface area (Å²) in [6.07, 6.45) is -4.50. The van der Waals surface area contributed by atoms with E-state index in [1.165, 1.54) is 12.1 Å². The van der Waals surface area contributed by atoms with E-state index in [1.807, 2.05) is 0 Å². The van der Waals surface area contributed by atoms with Crippen LogP contribution in [0.1, 0.15) is 18.9 Å². The fraction of sp³-hybridized carbons (Fsp3) is 0.364. The lowest BCUT2D eigenvalue weighted by Crippen LogP contribution is -2.49. The maximum Gasteiger partial charge on any atom is 0.417 e. The molecule has 0 amide bonds. The van der Waals surface area contributed by atoms with Gasteiger partial charge < -0.3 is 0 Å². The topological polar surface area (TPSA) is 24.4 Å². The van der Waals surface area contributed by atoms with E-state index in [2.05, 4.69) is 10.5 Å². The highest BCUT2D eigenvalue weighted by atomic mass is 19.4. The van der Waals surface area contributed by atoms with E-state index in [9.17, 15) is 13.2 Å². The van der Waals surface area contributed by atoms with E-state index < -0.39 is 11.7 Å². The fourth-order valence-electron chi connectivity index (χ4n) is 1.87. The second kappa shape index (κ2) is 3.50. The summed E-state index contributed by atoms with van der Waals surface area (Å²) in [5.41, 5.74) is 0.839. The van der Waals surface area contributed by atoms with Gasteiger partial charge in [0.1, 0.15) is 0 Å². The van der Waals surface area contributed by atoms with Crippen molar-refractivity contribution in [2.75, 3.05) is 0 Å². The minimum Gasteiger partial charge on any atom is -0.290 e. The van der Waals surface area contributed by atoms with Crippen LogP contribution >= 0.6 is 0 Å². The van der Waals surface area contributed by atoms with Gasteiger partial charge in [0.2, 0.25) is 0 Å². The van der Waals surface area contributed by atoms with Gasteiger partial charge in [-0.15, -0.1) is 0 Å². The number of nitrogens with zero attached hydrogens (tertiary/aromatic N) is 1. The predicted molar refractivity (Wildman–Crippen MR) is 55.0 cm³/mol. The molecule has 1 aromatic carbocycles. The Kier molecular flexibility index (Phi) is 2.40. The zero-order chi connectivity index (χ0) is 11.8. The first-order valence-electron chi connectivity index (χ1n) is 4.88. The highest BCUT2D eigenvalue weighted by Gasteiger charge is 2.58. The van der Waals surface area contributed by atoms with Crippen molar-refractivity contribution in [3.05, 3.63) is 35.9 Å². The normalized spacial score (nSPS) is 25.1. The van der Waals surface area contributed by atoms with Gasteiger partial charge in [0.15, 0.2) is 5.54 Å². The molecule has 0 aromatic heterocycles. The van der Waals surface area contributed by atoms with Gasteiger partial charge in [-0.1, -0.05) is 30.3 Å². The van der Waals surface area contributed by atoms with Crippen molar-refractivity contribution in [3.8, 4) is 0 Å². The zero-order valence-electron chi connectivity index (χ0n) is 8.67. The predicted octanol–water partition coefficient (Wildman–Crippen LogP) is 2.81. The van der Waals surface area contributed by atoms with E-state index in [-0.39, 0.29) is 12.0 Å². The van der Waals surface area contributed by atoms with Crippen molar-refractivity contribution >= 4 is 5.71 Å². The zero-order valence-corrected chi connectivity index (χ0v) is 8.67. The van der Waals surface area contributed by atoms with Crippen LogP contribution in [0.15, 0.2) is 35.4 Å². The average Bonchev–Trinajstić information content (AvgIpc) is 2.62. The molecule has 0 bridgehead atoms. The highest BCUT2D eigenvalue weighted by Crippen LogP contribution is 2.43. The van der Waals surface area contributed by atoms with Crippen molar-refractivity contribution < 1.29 is 13.2 Å². The molecule has 1 aliphatic rings. The molecule has 0 saturated heterocycles. The second-order valence-corrected chi connectivity index (χ2v) is 3.90. The van der Waals surface area contributed by atoms with Gasteiger partial charge in [-0.2, -0.15) is 18.3 Å². The number of rotatable bonds is 1. The van der Waals surface area contributed by atoms with Crippen LogP contribution in [0.2, 0.25) is 0 Å². The van der Waals surface area contributed by atoms with Gasteiger partial charge in [0.25, 0.3) is 0 Å². The molecule has 0 fully saturated rings. The van der Waals surface area contributed by atoms with Crippen LogP contribution in [0.4, 0.5) is 13.2 Å². The third-order valence-electron chi connectivity index (χ3n) is 2.71. The molecule has 0 saturated carbocycles. The molecular weight excluding hydrogens is 217 g/mol. The molecule has 86 valence electrons. The molecule has 1 aliphatic heterocycles. The molecule has 2 nitrogen and oxygen atoms in total. The highest BCUT2D eigenvalue weighted by molar-refractivity contribution is 5.84. The number of halogens is 3. The van der Waals surface area contributed by atoms with Gasteiger partial charge in [0.05, 0.1) is 0 Å². The smallest absolute Gasteiger partial charge is 0.290 e. The lowest BCUT2D eigenvalue weighted by molar-refractivity contribution is -0.196. The van der Waals surface area contributed by atoms with Crippen molar-refractivity contribution in [1.82, 2.24) is 5.43 Å². The van der Waals surface area contributed by atoms with Crippen molar-refractivity contribution in [1.29, 1.82) is 0 Å². The summed E-state index contributed by atoms with van der Waals surface area (Å²) in [5, 5.41) is 3.68. The Bertz CT molecular complexity index is 411. The molecule has 1 aromatic rings. The Morgan fingerprint density at radius 1 is 1.25 bits per heavy atom. The summed E-state index contributed by atoms with van der Waals surface area (Å²) in [6.45, 7) is 1.59. The monoisotopic (exact) mass is 228 g/mol. The van der Waals surface area contributed by atoms with Crippen LogP contribution < -0.4 is 5.43 Å². The Hall–Kier alpha value is -1.52. The van der Waals surface area contributed by atoms with Crippen molar-refractivity contribution in [2.24, 2.45) is 5.10 Å². The summed E-state index contributed by atoms with van der Waals surface area (Å²) >= 11 is 0. The van der Waals surface area contributed by atoms with Gasteiger partial charge >= 0.3 is 6.18 Å². The molecular formula is C11H11F3N2. The van der Waals surface area contributed by atoms with Crippen LogP contribution in [0.25, 0.3) is 0 Å². The van der Waals surface area contributed by atoms with Crippen LogP contribution in [0.3, 0.4) is 0 Å². The van der Waals surface area contributed by atoms with E-state index in [1.54, 1.807) is 25.1 Å². The fourth-order valence-corrected chi connectivity index (χ4v) is 1.87. The Labute approximate surface area is 91.2 Å². The molecule has 16 heavy (non-hydrogen) atoms. The number of hydrogen-bond acceptors (Lipinski definition) is 2. The maximum atomic E-state index is 13.1. The van der Waals surface area contributed by atoms with E-state index in [0.717, 1.165) is 0 Å². The Morgan fingerprint density at radius 2 is 1.88 bits per heavy atom. The third kappa shape index (κ3) is 1.56. The molecule has 0 spiro atoms. The van der Waals surface area contributed by atoms with Gasteiger partial charge in [-0.3, -0.25) is 5.43 Å². The number of benzene rings is 1. The minimum absolute atomic E-state index is 0.138. The Balaban J connectivity index is 2.46. The van der Waals surface area contributed by atoms with E-state index >= 15 is 0 Å². The minimum atomic E-state index is -4.37. The largest absolute Gasteiger partial charge is 0.417 e. The third-order valence-corrected chi connectivity index (χ3v) is 2.71. The SMILES string of the molecule is CC1=NNC(c2ccccc2)(C(F)(F)F)C1. The second-order valence-electron chi connectivity index (χ2n) is 3.90. The van der Waals surface area contributed by atoms with Gasteiger partial charge in [-0.25, -0.2) is 0 Å². The lowest BCUT2D eigenvalue weighted by Gasteiger charge is -2.31. The first-order chi connectivity index (χ1) is 7.46. The summed E-state index contributed by atoms with van der Waals surface area (Å²) < 4.78 is 39.4. The standard InChI is InChI=1S/C11H11F3N2/c1-8-7-10(16-15-8,11(12,13)14)9-5-3-2-4-6-9/h2-6,16H,7H2,1H3. The summed E-state index contributed by atoms with van der Waals surface area (Å²) in [4.78, 5) is 0. The van der Waals surface area contributed by atoms with Gasteiger partial charge in [0, 0.05) is 12.1 Å². The summed E-state index contributed by atoms with van der Waals surface area (Å²) in [7, 11) is 0. The number of hydrazone groups is 1. The van der Waals surface area contributed by atoms with E-state index in [4.69, 9.17) is 0 Å². The first kappa shape index (κ1) is 11.0. The van der Waals surface area contributed by atoms with Gasteiger partial charge in [-0.05, 0) is 12.5 Å². The average molecular weight is 228 g/mol. The summed E-state index contributed by atoms with van der Waals surface area (Å²) in [6, 6.07) is 7.82. The van der Waals surface area contributed by atoms with Crippen LogP contribution in [-0.4, -0.2) is 11.9 Å². The lowest BCUT2D eigenvalue weighted by atomic mass is 9.86. The molecule has 2 rings (SSSR count). The number of hydrogen-bond donors (Lipinski definition) is 1. The molecule has 5 heteroatoms. The van der Waals surface area contributed by atoms with Crippen molar-refractivity contribution in [3.63, 3.8) is 0 Å². The first-order valence-corrected chi connectivity index (χ1v) is 4.88. The summed E-state index contributed by atoms with van der Waals surface area (Å²) in [5.74, 6) is 0. The van der Waals surface area contributed by atoms with Crippen LogP contribution in [0, 0.1) is 0 Å². The van der Waals surface area contributed by atoms with Crippen molar-refractivity contribution in [2.45, 2.75) is 25.1 Å². The molecule has 1 atom stereocenters. The molecule has 0 radical (unpaired) electrons. The molecule has 1 N–H and O–H groups in total. The molecule has 1 heterocycles. The van der Waals surface area contributed by atoms with Crippen LogP contribution in [0.5, 0.6) is 0 Å². The Morgan fingerprint density at radius 3 is 2.31 bits per heavy atom. The number of alkyl halides is 3. The quantitative estimate of drug-likeness (QED) is 0.785.